The van der Waals surface area contributed by atoms with Gasteiger partial charge in [-0.2, -0.15) is 0 Å². The molecule has 2 aromatic rings. The molecule has 0 radical (unpaired) electrons. The third kappa shape index (κ3) is 6.23. The molecule has 0 saturated heterocycles. The molecule has 2 aromatic carbocycles. The standard InChI is InChI=1S/C26H31N3O3/c1-25(2,3)32-24(31)27-22(19-12-7-5-8-13-19)23(30)29-28-21-16-11-17-26(4,18-21)20-14-9-6-10-15-20/h5-16,18,22,28H,17H2,1-4H3,(H,27,31)(H,29,30). The summed E-state index contributed by atoms with van der Waals surface area (Å²) in [4.78, 5) is 25.4. The van der Waals surface area contributed by atoms with Gasteiger partial charge in [0.25, 0.3) is 5.91 Å². The molecule has 1 aliphatic rings. The minimum atomic E-state index is -0.910. The van der Waals surface area contributed by atoms with Crippen LogP contribution >= 0.6 is 0 Å². The van der Waals surface area contributed by atoms with Gasteiger partial charge in [0.05, 0.1) is 5.70 Å². The second kappa shape index (κ2) is 9.73. The number of rotatable bonds is 6. The summed E-state index contributed by atoms with van der Waals surface area (Å²) in [7, 11) is 0. The largest absolute Gasteiger partial charge is 0.444 e. The van der Waals surface area contributed by atoms with Crippen molar-refractivity contribution < 1.29 is 14.3 Å². The molecule has 1 aliphatic carbocycles. The van der Waals surface area contributed by atoms with E-state index in [1.54, 1.807) is 32.9 Å². The zero-order valence-corrected chi connectivity index (χ0v) is 19.0. The summed E-state index contributed by atoms with van der Waals surface area (Å²) in [5.74, 6) is -0.400. The van der Waals surface area contributed by atoms with Gasteiger partial charge in [0, 0.05) is 5.41 Å². The highest BCUT2D eigenvalue weighted by Crippen LogP contribution is 2.33. The zero-order valence-electron chi connectivity index (χ0n) is 19.0. The van der Waals surface area contributed by atoms with Crippen LogP contribution in [0.1, 0.15) is 51.3 Å². The van der Waals surface area contributed by atoms with Crippen LogP contribution in [0.3, 0.4) is 0 Å². The molecule has 0 fully saturated rings. The zero-order chi connectivity index (χ0) is 23.2. The van der Waals surface area contributed by atoms with E-state index in [0.717, 1.165) is 12.1 Å². The number of alkyl carbamates (subject to hydrolysis) is 1. The molecule has 2 unspecified atom stereocenters. The lowest BCUT2D eigenvalue weighted by Crippen LogP contribution is -2.46. The van der Waals surface area contributed by atoms with Crippen LogP contribution < -0.4 is 16.2 Å². The number of ether oxygens (including phenoxy) is 1. The first-order valence-corrected chi connectivity index (χ1v) is 10.7. The summed E-state index contributed by atoms with van der Waals surface area (Å²) >= 11 is 0. The molecule has 6 nitrogen and oxygen atoms in total. The number of nitrogens with one attached hydrogen (secondary N) is 3. The first kappa shape index (κ1) is 23.1. The van der Waals surface area contributed by atoms with Crippen molar-refractivity contribution in [3.63, 3.8) is 0 Å². The smallest absolute Gasteiger partial charge is 0.408 e. The molecule has 2 amide bonds. The second-order valence-electron chi connectivity index (χ2n) is 9.09. The number of allylic oxidation sites excluding steroid dienone is 3. The Bertz CT molecular complexity index is 994. The van der Waals surface area contributed by atoms with Gasteiger partial charge >= 0.3 is 6.09 Å². The summed E-state index contributed by atoms with van der Waals surface area (Å²) in [5, 5.41) is 2.67. The lowest BCUT2D eigenvalue weighted by atomic mass is 9.77. The van der Waals surface area contributed by atoms with Gasteiger partial charge in [0.2, 0.25) is 0 Å². The maximum Gasteiger partial charge on any atom is 0.408 e. The topological polar surface area (TPSA) is 79.5 Å². The molecule has 168 valence electrons. The van der Waals surface area contributed by atoms with Crippen LogP contribution in [-0.2, 0) is 14.9 Å². The molecule has 0 aromatic heterocycles. The van der Waals surface area contributed by atoms with Crippen molar-refractivity contribution in [2.45, 2.75) is 51.2 Å². The van der Waals surface area contributed by atoms with E-state index in [9.17, 15) is 9.59 Å². The van der Waals surface area contributed by atoms with Crippen molar-refractivity contribution in [2.75, 3.05) is 0 Å². The van der Waals surface area contributed by atoms with Gasteiger partial charge in [-0.15, -0.1) is 0 Å². The van der Waals surface area contributed by atoms with E-state index in [0.29, 0.717) is 5.56 Å². The predicted molar refractivity (Wildman–Crippen MR) is 125 cm³/mol. The van der Waals surface area contributed by atoms with Crippen molar-refractivity contribution in [1.82, 2.24) is 16.2 Å². The number of amides is 2. The minimum Gasteiger partial charge on any atom is -0.444 e. The molecule has 6 heteroatoms. The molecular formula is C26H31N3O3. The van der Waals surface area contributed by atoms with E-state index < -0.39 is 23.6 Å². The quantitative estimate of drug-likeness (QED) is 0.578. The molecule has 0 bridgehead atoms. The number of hydrogen-bond acceptors (Lipinski definition) is 4. The van der Waals surface area contributed by atoms with Crippen LogP contribution in [0.4, 0.5) is 4.79 Å². The molecule has 0 saturated carbocycles. The predicted octanol–water partition coefficient (Wildman–Crippen LogP) is 4.67. The molecule has 3 N–H and O–H groups in total. The normalized spacial score (nSPS) is 18.8. The van der Waals surface area contributed by atoms with Crippen LogP contribution in [0, 0.1) is 0 Å². The van der Waals surface area contributed by atoms with E-state index in [2.05, 4.69) is 47.4 Å². The first-order chi connectivity index (χ1) is 15.2. The molecule has 3 rings (SSSR count). The summed E-state index contributed by atoms with van der Waals surface area (Å²) < 4.78 is 5.34. The fourth-order valence-electron chi connectivity index (χ4n) is 3.56. The van der Waals surface area contributed by atoms with Crippen molar-refractivity contribution in [3.8, 4) is 0 Å². The van der Waals surface area contributed by atoms with Crippen molar-refractivity contribution in [3.05, 3.63) is 95.7 Å². The van der Waals surface area contributed by atoms with Crippen LogP contribution in [0.2, 0.25) is 0 Å². The van der Waals surface area contributed by atoms with Crippen LogP contribution in [0.25, 0.3) is 0 Å². The lowest BCUT2D eigenvalue weighted by Gasteiger charge is -2.30. The van der Waals surface area contributed by atoms with Gasteiger partial charge in [-0.1, -0.05) is 73.7 Å². The average molecular weight is 434 g/mol. The number of hydrogen-bond donors (Lipinski definition) is 3. The summed E-state index contributed by atoms with van der Waals surface area (Å²) in [6, 6.07) is 18.4. The molecule has 32 heavy (non-hydrogen) atoms. The van der Waals surface area contributed by atoms with E-state index in [1.807, 2.05) is 42.5 Å². The molecule has 0 heterocycles. The van der Waals surface area contributed by atoms with Gasteiger partial charge in [-0.05, 0) is 50.5 Å². The summed E-state index contributed by atoms with van der Waals surface area (Å²) in [6.07, 6.45) is 6.32. The number of carbonyl (C=O) groups is 2. The van der Waals surface area contributed by atoms with Crippen LogP contribution in [0.15, 0.2) is 84.6 Å². The third-order valence-corrected chi connectivity index (χ3v) is 5.13. The fourth-order valence-corrected chi connectivity index (χ4v) is 3.56. The molecule has 0 spiro atoms. The van der Waals surface area contributed by atoms with Crippen LogP contribution in [0.5, 0.6) is 0 Å². The van der Waals surface area contributed by atoms with Crippen LogP contribution in [-0.4, -0.2) is 17.6 Å². The van der Waals surface area contributed by atoms with E-state index in [1.165, 1.54) is 5.56 Å². The monoisotopic (exact) mass is 433 g/mol. The Labute approximate surface area is 189 Å². The third-order valence-electron chi connectivity index (χ3n) is 5.13. The van der Waals surface area contributed by atoms with Crippen molar-refractivity contribution >= 4 is 12.0 Å². The SMILES string of the molecule is CC(C)(C)OC(=O)NC(C(=O)NNC1=CC(C)(c2ccccc2)CC=C1)c1ccccc1. The number of carbonyl (C=O) groups excluding carboxylic acids is 2. The number of hydrazine groups is 1. The highest BCUT2D eigenvalue weighted by molar-refractivity contribution is 5.86. The average Bonchev–Trinajstić information content (AvgIpc) is 2.76. The Morgan fingerprint density at radius 3 is 2.25 bits per heavy atom. The van der Waals surface area contributed by atoms with E-state index in [4.69, 9.17) is 4.74 Å². The first-order valence-electron chi connectivity index (χ1n) is 10.7. The Kier molecular flexibility index (Phi) is 7.03. The Morgan fingerprint density at radius 1 is 1.00 bits per heavy atom. The second-order valence-corrected chi connectivity index (χ2v) is 9.09. The molecule has 0 aliphatic heterocycles. The maximum absolute atomic E-state index is 13.0. The summed E-state index contributed by atoms with van der Waals surface area (Å²) in [6.45, 7) is 7.48. The van der Waals surface area contributed by atoms with E-state index in [-0.39, 0.29) is 5.41 Å². The maximum atomic E-state index is 13.0. The fraction of sp³-hybridized carbons (Fsp3) is 0.308. The van der Waals surface area contributed by atoms with Gasteiger partial charge in [-0.25, -0.2) is 4.79 Å². The Morgan fingerprint density at radius 2 is 1.62 bits per heavy atom. The van der Waals surface area contributed by atoms with Gasteiger partial charge in [-0.3, -0.25) is 15.6 Å². The lowest BCUT2D eigenvalue weighted by molar-refractivity contribution is -0.124. The summed E-state index contributed by atoms with van der Waals surface area (Å²) in [5.41, 5.74) is 7.51. The minimum absolute atomic E-state index is 0.184. The van der Waals surface area contributed by atoms with Gasteiger partial charge in [0.15, 0.2) is 0 Å². The van der Waals surface area contributed by atoms with Crippen molar-refractivity contribution in [2.24, 2.45) is 0 Å². The highest BCUT2D eigenvalue weighted by atomic mass is 16.6. The Balaban J connectivity index is 1.72. The van der Waals surface area contributed by atoms with Gasteiger partial charge < -0.3 is 10.1 Å². The molecular weight excluding hydrogens is 402 g/mol. The van der Waals surface area contributed by atoms with Gasteiger partial charge in [0.1, 0.15) is 11.6 Å². The molecule has 2 atom stereocenters. The van der Waals surface area contributed by atoms with Crippen molar-refractivity contribution in [1.29, 1.82) is 0 Å². The highest BCUT2D eigenvalue weighted by Gasteiger charge is 2.28. The Hall–Kier alpha value is -3.54. The number of benzene rings is 2. The van der Waals surface area contributed by atoms with E-state index >= 15 is 0 Å².